The van der Waals surface area contributed by atoms with Gasteiger partial charge in [0.25, 0.3) is 0 Å². The van der Waals surface area contributed by atoms with Crippen molar-refractivity contribution in [3.8, 4) is 5.75 Å². The summed E-state index contributed by atoms with van der Waals surface area (Å²) in [5.41, 5.74) is 0. The first-order valence-electron chi connectivity index (χ1n) is 7.80. The van der Waals surface area contributed by atoms with Crippen molar-refractivity contribution < 1.29 is 13.2 Å². The summed E-state index contributed by atoms with van der Waals surface area (Å²) < 4.78 is 32.8. The van der Waals surface area contributed by atoms with Gasteiger partial charge in [0, 0.05) is 12.6 Å². The van der Waals surface area contributed by atoms with E-state index < -0.39 is 10.0 Å². The van der Waals surface area contributed by atoms with Crippen LogP contribution in [0.15, 0.2) is 29.2 Å². The van der Waals surface area contributed by atoms with Gasteiger partial charge in [-0.15, -0.1) is 0 Å². The lowest BCUT2D eigenvalue weighted by molar-refractivity contribution is 0.232. The van der Waals surface area contributed by atoms with Crippen LogP contribution in [-0.4, -0.2) is 45.1 Å². The minimum atomic E-state index is -3.48. The van der Waals surface area contributed by atoms with Gasteiger partial charge in [-0.3, -0.25) is 4.90 Å². The molecule has 0 heterocycles. The molecule has 0 radical (unpaired) electrons. The van der Waals surface area contributed by atoms with Crippen LogP contribution < -0.4 is 9.46 Å². The molecular formula is C16H28N2O3S. The fraction of sp³-hybridized carbons (Fsp3) is 0.625. The number of hydrogen-bond acceptors (Lipinski definition) is 4. The molecule has 0 aliphatic rings. The van der Waals surface area contributed by atoms with Crippen LogP contribution in [0.5, 0.6) is 5.75 Å². The molecule has 0 fully saturated rings. The third-order valence-corrected chi connectivity index (χ3v) is 4.95. The molecule has 6 heteroatoms. The second kappa shape index (κ2) is 8.50. The minimum absolute atomic E-state index is 0.0653. The second-order valence-corrected chi connectivity index (χ2v) is 7.33. The highest BCUT2D eigenvalue weighted by Crippen LogP contribution is 2.17. The van der Waals surface area contributed by atoms with Crippen LogP contribution >= 0.6 is 0 Å². The van der Waals surface area contributed by atoms with Crippen molar-refractivity contribution in [3.63, 3.8) is 0 Å². The van der Waals surface area contributed by atoms with Crippen molar-refractivity contribution in [2.24, 2.45) is 0 Å². The van der Waals surface area contributed by atoms with Gasteiger partial charge in [0.1, 0.15) is 5.75 Å². The fourth-order valence-electron chi connectivity index (χ4n) is 2.26. The van der Waals surface area contributed by atoms with Crippen molar-refractivity contribution >= 4 is 10.0 Å². The lowest BCUT2D eigenvalue weighted by Crippen LogP contribution is -2.41. The molecule has 0 amide bonds. The van der Waals surface area contributed by atoms with E-state index in [0.717, 1.165) is 13.1 Å². The van der Waals surface area contributed by atoms with Gasteiger partial charge in [-0.25, -0.2) is 13.1 Å². The zero-order valence-corrected chi connectivity index (χ0v) is 15.0. The first kappa shape index (κ1) is 18.9. The smallest absolute Gasteiger partial charge is 0.240 e. The Labute approximate surface area is 134 Å². The number of likely N-dealkylation sites (N-methyl/N-ethyl adjacent to an activating group) is 1. The highest BCUT2D eigenvalue weighted by Gasteiger charge is 2.17. The SMILES string of the molecule is CCN(CC)C(C)CNS(=O)(=O)c1ccc(OC(C)C)cc1. The first-order chi connectivity index (χ1) is 10.3. The number of nitrogens with zero attached hydrogens (tertiary/aromatic N) is 1. The van der Waals surface area contributed by atoms with Crippen molar-refractivity contribution in [1.29, 1.82) is 0 Å². The van der Waals surface area contributed by atoms with Gasteiger partial charge in [0.15, 0.2) is 0 Å². The maximum atomic E-state index is 12.3. The summed E-state index contributed by atoms with van der Waals surface area (Å²) in [5, 5.41) is 0. The molecule has 1 N–H and O–H groups in total. The van der Waals surface area contributed by atoms with E-state index in [-0.39, 0.29) is 17.0 Å². The van der Waals surface area contributed by atoms with Crippen molar-refractivity contribution in [2.75, 3.05) is 19.6 Å². The summed E-state index contributed by atoms with van der Waals surface area (Å²) in [4.78, 5) is 2.47. The van der Waals surface area contributed by atoms with Crippen LogP contribution in [0.4, 0.5) is 0 Å². The van der Waals surface area contributed by atoms with E-state index in [1.807, 2.05) is 20.8 Å². The highest BCUT2D eigenvalue weighted by molar-refractivity contribution is 7.89. The zero-order valence-electron chi connectivity index (χ0n) is 14.2. The maximum absolute atomic E-state index is 12.3. The molecule has 5 nitrogen and oxygen atoms in total. The van der Waals surface area contributed by atoms with Gasteiger partial charge in [-0.05, 0) is 58.1 Å². The van der Waals surface area contributed by atoms with Gasteiger partial charge in [0.2, 0.25) is 10.0 Å². The molecule has 0 aromatic heterocycles. The number of ether oxygens (including phenoxy) is 1. The van der Waals surface area contributed by atoms with Crippen molar-refractivity contribution in [2.45, 2.75) is 51.7 Å². The summed E-state index contributed by atoms with van der Waals surface area (Å²) in [6, 6.07) is 6.67. The number of nitrogens with one attached hydrogen (secondary N) is 1. The first-order valence-corrected chi connectivity index (χ1v) is 9.28. The summed E-state index contributed by atoms with van der Waals surface area (Å²) in [6.07, 6.45) is 0.0653. The molecule has 0 saturated heterocycles. The van der Waals surface area contributed by atoms with E-state index in [4.69, 9.17) is 4.74 Å². The standard InChI is InChI=1S/C16H28N2O3S/c1-6-18(7-2)14(5)12-17-22(19,20)16-10-8-15(9-11-16)21-13(3)4/h8-11,13-14,17H,6-7,12H2,1-5H3. The van der Waals surface area contributed by atoms with Crippen molar-refractivity contribution in [3.05, 3.63) is 24.3 Å². The monoisotopic (exact) mass is 328 g/mol. The van der Waals surface area contributed by atoms with E-state index in [1.165, 1.54) is 0 Å². The van der Waals surface area contributed by atoms with Gasteiger partial charge in [-0.2, -0.15) is 0 Å². The number of benzene rings is 1. The molecule has 126 valence electrons. The molecule has 1 atom stereocenters. The van der Waals surface area contributed by atoms with Gasteiger partial charge in [-0.1, -0.05) is 13.8 Å². The van der Waals surface area contributed by atoms with Gasteiger partial charge >= 0.3 is 0 Å². The fourth-order valence-corrected chi connectivity index (χ4v) is 3.38. The molecule has 0 aliphatic heterocycles. The topological polar surface area (TPSA) is 58.6 Å². The van der Waals surface area contributed by atoms with Crippen LogP contribution in [-0.2, 0) is 10.0 Å². The lowest BCUT2D eigenvalue weighted by atomic mass is 10.3. The molecule has 0 saturated carbocycles. The molecule has 1 unspecified atom stereocenters. The Hall–Kier alpha value is -1.11. The Morgan fingerprint density at radius 1 is 1.09 bits per heavy atom. The number of hydrogen-bond donors (Lipinski definition) is 1. The third-order valence-electron chi connectivity index (χ3n) is 3.51. The Morgan fingerprint density at radius 2 is 1.64 bits per heavy atom. The van der Waals surface area contributed by atoms with E-state index in [0.29, 0.717) is 12.3 Å². The molecule has 1 rings (SSSR count). The summed E-state index contributed by atoms with van der Waals surface area (Å²) in [5.74, 6) is 0.672. The van der Waals surface area contributed by atoms with E-state index in [9.17, 15) is 8.42 Å². The van der Waals surface area contributed by atoms with Gasteiger partial charge in [0.05, 0.1) is 11.0 Å². The van der Waals surface area contributed by atoms with Crippen LogP contribution in [0, 0.1) is 0 Å². The van der Waals surface area contributed by atoms with E-state index in [1.54, 1.807) is 24.3 Å². The molecule has 1 aromatic rings. The Balaban J connectivity index is 2.70. The summed E-state index contributed by atoms with van der Waals surface area (Å²) in [6.45, 7) is 12.2. The highest BCUT2D eigenvalue weighted by atomic mass is 32.2. The normalized spacial score (nSPS) is 13.6. The number of rotatable bonds is 9. The van der Waals surface area contributed by atoms with E-state index in [2.05, 4.69) is 23.5 Å². The second-order valence-electron chi connectivity index (χ2n) is 5.56. The van der Waals surface area contributed by atoms with Crippen LogP contribution in [0.2, 0.25) is 0 Å². The Morgan fingerprint density at radius 3 is 2.09 bits per heavy atom. The maximum Gasteiger partial charge on any atom is 0.240 e. The summed E-state index contributed by atoms with van der Waals surface area (Å²) in [7, 11) is -3.48. The Bertz CT molecular complexity index is 537. The van der Waals surface area contributed by atoms with Crippen LogP contribution in [0.1, 0.15) is 34.6 Å². The predicted molar refractivity (Wildman–Crippen MR) is 89.8 cm³/mol. The molecule has 22 heavy (non-hydrogen) atoms. The molecular weight excluding hydrogens is 300 g/mol. The van der Waals surface area contributed by atoms with Gasteiger partial charge < -0.3 is 4.74 Å². The minimum Gasteiger partial charge on any atom is -0.491 e. The molecule has 1 aromatic carbocycles. The van der Waals surface area contributed by atoms with Crippen molar-refractivity contribution in [1.82, 2.24) is 9.62 Å². The predicted octanol–water partition coefficient (Wildman–Crippen LogP) is 2.48. The summed E-state index contributed by atoms with van der Waals surface area (Å²) >= 11 is 0. The molecule has 0 aliphatic carbocycles. The zero-order chi connectivity index (χ0) is 16.8. The molecule has 0 bridgehead atoms. The largest absolute Gasteiger partial charge is 0.491 e. The number of sulfonamides is 1. The van der Waals surface area contributed by atoms with Crippen LogP contribution in [0.3, 0.4) is 0 Å². The average Bonchev–Trinajstić information content (AvgIpc) is 2.46. The third kappa shape index (κ3) is 5.59. The van der Waals surface area contributed by atoms with Crippen LogP contribution in [0.25, 0.3) is 0 Å². The molecule has 0 spiro atoms. The quantitative estimate of drug-likeness (QED) is 0.756. The Kier molecular flexibility index (Phi) is 7.32. The van der Waals surface area contributed by atoms with E-state index >= 15 is 0 Å². The average molecular weight is 328 g/mol. The lowest BCUT2D eigenvalue weighted by Gasteiger charge is -2.26.